The summed E-state index contributed by atoms with van der Waals surface area (Å²) in [5, 5.41) is 6.48. The first-order valence-corrected chi connectivity index (χ1v) is 8.54. The van der Waals surface area contributed by atoms with Crippen molar-refractivity contribution in [3.63, 3.8) is 0 Å². The second-order valence-electron chi connectivity index (χ2n) is 6.75. The predicted molar refractivity (Wildman–Crippen MR) is 88.1 cm³/mol. The fourth-order valence-corrected chi connectivity index (χ4v) is 4.70. The largest absolute Gasteiger partial charge is 0.497 e. The van der Waals surface area contributed by atoms with E-state index in [1.54, 1.807) is 25.3 Å². The molecule has 4 rings (SSSR count). The molecule has 23 heavy (non-hydrogen) atoms. The number of carbonyl (C=O) groups excluding carboxylic acids is 1. The SMILES string of the molecule is COc1ccc(NC(=O)N[C@@H]2[C@@H]3CCO[C@@H]3C23CCC3)c(Cl)c1. The lowest BCUT2D eigenvalue weighted by molar-refractivity contribution is -0.171. The summed E-state index contributed by atoms with van der Waals surface area (Å²) in [6.45, 7) is 0.821. The number of methoxy groups -OCH3 is 1. The van der Waals surface area contributed by atoms with Gasteiger partial charge in [-0.05, 0) is 31.4 Å². The van der Waals surface area contributed by atoms with Gasteiger partial charge in [0.1, 0.15) is 5.75 Å². The third kappa shape index (κ3) is 2.29. The molecule has 0 bridgehead atoms. The van der Waals surface area contributed by atoms with E-state index in [1.807, 2.05) is 0 Å². The molecule has 0 radical (unpaired) electrons. The van der Waals surface area contributed by atoms with Crippen LogP contribution in [-0.2, 0) is 4.74 Å². The Morgan fingerprint density at radius 1 is 1.43 bits per heavy atom. The van der Waals surface area contributed by atoms with Crippen molar-refractivity contribution < 1.29 is 14.3 Å². The molecule has 1 aliphatic heterocycles. The lowest BCUT2D eigenvalue weighted by Crippen LogP contribution is -2.72. The van der Waals surface area contributed by atoms with Crippen LogP contribution in [0.4, 0.5) is 10.5 Å². The van der Waals surface area contributed by atoms with E-state index in [9.17, 15) is 4.79 Å². The van der Waals surface area contributed by atoms with Crippen LogP contribution in [0.2, 0.25) is 5.02 Å². The summed E-state index contributed by atoms with van der Waals surface area (Å²) in [5.74, 6) is 1.13. The number of amides is 2. The molecule has 124 valence electrons. The Labute approximate surface area is 140 Å². The zero-order chi connectivity index (χ0) is 16.0. The molecule has 1 spiro atoms. The molecule has 2 amide bonds. The van der Waals surface area contributed by atoms with Gasteiger partial charge < -0.3 is 20.1 Å². The Hall–Kier alpha value is -1.46. The maximum absolute atomic E-state index is 12.4. The van der Waals surface area contributed by atoms with Gasteiger partial charge in [-0.2, -0.15) is 0 Å². The third-order valence-electron chi connectivity index (χ3n) is 5.75. The molecule has 5 nitrogen and oxygen atoms in total. The fraction of sp³-hybridized carbons (Fsp3) is 0.588. The number of carbonyl (C=O) groups is 1. The Morgan fingerprint density at radius 3 is 2.91 bits per heavy atom. The minimum Gasteiger partial charge on any atom is -0.497 e. The van der Waals surface area contributed by atoms with E-state index >= 15 is 0 Å². The Bertz CT molecular complexity index is 632. The van der Waals surface area contributed by atoms with Crippen molar-refractivity contribution in [3.05, 3.63) is 23.2 Å². The smallest absolute Gasteiger partial charge is 0.319 e. The standard InChI is InChI=1S/C17H21ClN2O3/c1-22-10-3-4-13(12(18)9-10)19-16(21)20-14-11-5-8-23-15(11)17(14)6-2-7-17/h3-4,9,11,14-15H,2,5-8H2,1H3,(H2,19,20,21)/t11-,14+,15-/m0/s1. The second kappa shape index (κ2) is 5.56. The van der Waals surface area contributed by atoms with E-state index in [2.05, 4.69) is 10.6 Å². The molecule has 1 heterocycles. The topological polar surface area (TPSA) is 59.6 Å². The maximum atomic E-state index is 12.4. The summed E-state index contributed by atoms with van der Waals surface area (Å²) in [7, 11) is 1.58. The molecule has 1 aromatic carbocycles. The Morgan fingerprint density at radius 2 is 2.26 bits per heavy atom. The van der Waals surface area contributed by atoms with Gasteiger partial charge in [-0.3, -0.25) is 0 Å². The molecule has 1 saturated heterocycles. The third-order valence-corrected chi connectivity index (χ3v) is 6.06. The van der Waals surface area contributed by atoms with Gasteiger partial charge in [0.2, 0.25) is 0 Å². The summed E-state index contributed by atoms with van der Waals surface area (Å²) in [6.07, 6.45) is 4.94. The zero-order valence-corrected chi connectivity index (χ0v) is 13.9. The van der Waals surface area contributed by atoms with Crippen LogP contribution < -0.4 is 15.4 Å². The number of benzene rings is 1. The number of hydrogen-bond donors (Lipinski definition) is 2. The molecule has 1 aromatic rings. The molecule has 3 fully saturated rings. The number of rotatable bonds is 3. The molecule has 3 aliphatic rings. The van der Waals surface area contributed by atoms with Crippen molar-refractivity contribution in [1.29, 1.82) is 0 Å². The van der Waals surface area contributed by atoms with Gasteiger partial charge in [0.05, 0.1) is 23.9 Å². The van der Waals surface area contributed by atoms with Crippen LogP contribution in [-0.4, -0.2) is 31.9 Å². The minimum absolute atomic E-state index is 0.183. The van der Waals surface area contributed by atoms with Crippen molar-refractivity contribution in [2.24, 2.45) is 11.3 Å². The van der Waals surface area contributed by atoms with Crippen molar-refractivity contribution in [3.8, 4) is 5.75 Å². The maximum Gasteiger partial charge on any atom is 0.319 e. The molecule has 6 heteroatoms. The fourth-order valence-electron chi connectivity index (χ4n) is 4.48. The summed E-state index contributed by atoms with van der Waals surface area (Å²) in [4.78, 5) is 12.4. The second-order valence-corrected chi connectivity index (χ2v) is 7.16. The lowest BCUT2D eigenvalue weighted by atomic mass is 9.46. The van der Waals surface area contributed by atoms with Gasteiger partial charge in [0.25, 0.3) is 0 Å². The van der Waals surface area contributed by atoms with Crippen molar-refractivity contribution in [2.45, 2.75) is 37.8 Å². The van der Waals surface area contributed by atoms with Crippen LogP contribution in [0, 0.1) is 11.3 Å². The van der Waals surface area contributed by atoms with E-state index < -0.39 is 0 Å². The molecule has 2 aliphatic carbocycles. The summed E-state index contributed by atoms with van der Waals surface area (Å²) in [6, 6.07) is 5.25. The highest BCUT2D eigenvalue weighted by molar-refractivity contribution is 6.33. The number of anilines is 1. The monoisotopic (exact) mass is 336 g/mol. The normalized spacial score (nSPS) is 30.1. The van der Waals surface area contributed by atoms with E-state index in [-0.39, 0.29) is 17.5 Å². The highest BCUT2D eigenvalue weighted by Crippen LogP contribution is 2.62. The van der Waals surface area contributed by atoms with E-state index in [1.165, 1.54) is 6.42 Å². The average molecular weight is 337 g/mol. The van der Waals surface area contributed by atoms with Crippen LogP contribution >= 0.6 is 11.6 Å². The van der Waals surface area contributed by atoms with Crippen LogP contribution in [0.1, 0.15) is 25.7 Å². The van der Waals surface area contributed by atoms with Crippen molar-refractivity contribution >= 4 is 23.3 Å². The summed E-state index contributed by atoms with van der Waals surface area (Å²) >= 11 is 6.18. The summed E-state index contributed by atoms with van der Waals surface area (Å²) in [5.41, 5.74) is 0.772. The Kier molecular flexibility index (Phi) is 3.65. The number of ether oxygens (including phenoxy) is 2. The van der Waals surface area contributed by atoms with Gasteiger partial charge in [-0.15, -0.1) is 0 Å². The van der Waals surface area contributed by atoms with Gasteiger partial charge in [0, 0.05) is 30.0 Å². The van der Waals surface area contributed by atoms with Crippen LogP contribution in [0.25, 0.3) is 0 Å². The predicted octanol–water partition coefficient (Wildman–Crippen LogP) is 3.43. The first kappa shape index (κ1) is 15.1. The average Bonchev–Trinajstić information content (AvgIpc) is 2.90. The van der Waals surface area contributed by atoms with Gasteiger partial charge >= 0.3 is 6.03 Å². The van der Waals surface area contributed by atoms with Crippen molar-refractivity contribution in [2.75, 3.05) is 19.0 Å². The highest BCUT2D eigenvalue weighted by atomic mass is 35.5. The number of nitrogens with one attached hydrogen (secondary N) is 2. The highest BCUT2D eigenvalue weighted by Gasteiger charge is 2.66. The van der Waals surface area contributed by atoms with Gasteiger partial charge in [0.15, 0.2) is 0 Å². The number of hydrogen-bond acceptors (Lipinski definition) is 3. The molecule has 0 aromatic heterocycles. The van der Waals surface area contributed by atoms with E-state index in [4.69, 9.17) is 21.1 Å². The van der Waals surface area contributed by atoms with Gasteiger partial charge in [-0.1, -0.05) is 18.0 Å². The lowest BCUT2D eigenvalue weighted by Gasteiger charge is -2.63. The van der Waals surface area contributed by atoms with Crippen LogP contribution in [0.5, 0.6) is 5.75 Å². The molecular weight excluding hydrogens is 316 g/mol. The Balaban J connectivity index is 1.42. The van der Waals surface area contributed by atoms with E-state index in [0.29, 0.717) is 28.5 Å². The number of halogens is 1. The molecule has 2 saturated carbocycles. The van der Waals surface area contributed by atoms with Gasteiger partial charge in [-0.25, -0.2) is 4.79 Å². The quantitative estimate of drug-likeness (QED) is 0.889. The zero-order valence-electron chi connectivity index (χ0n) is 13.1. The molecule has 2 N–H and O–H groups in total. The van der Waals surface area contributed by atoms with E-state index in [0.717, 1.165) is 25.9 Å². The van der Waals surface area contributed by atoms with Crippen LogP contribution in [0.15, 0.2) is 18.2 Å². The minimum atomic E-state index is -0.196. The number of fused-ring (bicyclic) bond motifs is 2. The van der Waals surface area contributed by atoms with Crippen molar-refractivity contribution in [1.82, 2.24) is 5.32 Å². The molecular formula is C17H21ClN2O3. The first-order valence-electron chi connectivity index (χ1n) is 8.17. The molecule has 0 unspecified atom stereocenters. The van der Waals surface area contributed by atoms with Crippen LogP contribution in [0.3, 0.4) is 0 Å². The first-order chi connectivity index (χ1) is 11.1. The number of urea groups is 1. The summed E-state index contributed by atoms with van der Waals surface area (Å²) < 4.78 is 11.0. The molecule has 3 atom stereocenters.